The quantitative estimate of drug-likeness (QED) is 0.492. The lowest BCUT2D eigenvalue weighted by Gasteiger charge is -2.36. The molecule has 192 valence electrons. The number of aliphatic hydroxyl groups is 1. The van der Waals surface area contributed by atoms with Crippen molar-refractivity contribution in [3.8, 4) is 5.75 Å². The van der Waals surface area contributed by atoms with Crippen LogP contribution in [0.2, 0.25) is 0 Å². The van der Waals surface area contributed by atoms with E-state index < -0.39 is 23.5 Å². The van der Waals surface area contributed by atoms with Gasteiger partial charge in [-0.2, -0.15) is 0 Å². The highest BCUT2D eigenvalue weighted by atomic mass is 16.5. The maximum atomic E-state index is 13.2. The average molecular weight is 495 g/mol. The summed E-state index contributed by atoms with van der Waals surface area (Å²) < 4.78 is 11.9. The average Bonchev–Trinajstić information content (AvgIpc) is 3.47. The van der Waals surface area contributed by atoms with Gasteiger partial charge in [-0.3, -0.25) is 9.59 Å². The fourth-order valence-corrected chi connectivity index (χ4v) is 5.44. The number of hydrogen-bond acceptors (Lipinski definition) is 6. The molecule has 0 aromatic heterocycles. The van der Waals surface area contributed by atoms with Crippen molar-refractivity contribution in [2.45, 2.75) is 63.5 Å². The summed E-state index contributed by atoms with van der Waals surface area (Å²) in [5, 5.41) is 23.1. The fraction of sp³-hybridized carbons (Fsp3) is 0.500. The largest absolute Gasteiger partial charge is 0.488 e. The molecule has 2 aliphatic heterocycles. The number of carboxylic acids is 1. The van der Waals surface area contributed by atoms with Crippen molar-refractivity contribution in [2.24, 2.45) is 5.92 Å². The summed E-state index contributed by atoms with van der Waals surface area (Å²) in [6.07, 6.45) is -0.589. The van der Waals surface area contributed by atoms with Crippen molar-refractivity contribution < 1.29 is 29.3 Å². The van der Waals surface area contributed by atoms with Gasteiger partial charge < -0.3 is 29.9 Å². The van der Waals surface area contributed by atoms with Crippen LogP contribution in [-0.4, -0.2) is 64.4 Å². The molecule has 1 amide bonds. The van der Waals surface area contributed by atoms with Crippen molar-refractivity contribution in [3.63, 3.8) is 0 Å². The zero-order valence-electron chi connectivity index (χ0n) is 20.9. The van der Waals surface area contributed by atoms with Crippen molar-refractivity contribution >= 4 is 11.9 Å². The molecule has 8 heteroatoms. The third-order valence-electron chi connectivity index (χ3n) is 7.64. The highest BCUT2D eigenvalue weighted by molar-refractivity contribution is 5.85. The second-order valence-electron chi connectivity index (χ2n) is 10.6. The van der Waals surface area contributed by atoms with Gasteiger partial charge in [0.25, 0.3) is 0 Å². The summed E-state index contributed by atoms with van der Waals surface area (Å²) in [4.78, 5) is 26.4. The molecule has 1 unspecified atom stereocenters. The Kier molecular flexibility index (Phi) is 6.53. The van der Waals surface area contributed by atoms with E-state index in [2.05, 4.69) is 17.4 Å². The number of fused-ring (bicyclic) bond motifs is 4. The molecule has 5 atom stereocenters. The maximum Gasteiger partial charge on any atom is 0.311 e. The number of amides is 1. The van der Waals surface area contributed by atoms with Crippen LogP contribution in [0.3, 0.4) is 0 Å². The molecule has 0 bridgehead atoms. The Hall–Kier alpha value is -2.94. The molecule has 2 heterocycles. The van der Waals surface area contributed by atoms with Gasteiger partial charge in [-0.25, -0.2) is 0 Å². The lowest BCUT2D eigenvalue weighted by atomic mass is 9.96. The molecule has 1 aliphatic carbocycles. The zero-order valence-corrected chi connectivity index (χ0v) is 20.9. The third-order valence-corrected chi connectivity index (χ3v) is 7.64. The first-order valence-corrected chi connectivity index (χ1v) is 12.6. The molecule has 8 nitrogen and oxygen atoms in total. The minimum atomic E-state index is -0.826. The summed E-state index contributed by atoms with van der Waals surface area (Å²) in [5.41, 5.74) is 3.42. The first-order chi connectivity index (χ1) is 17.2. The molecular formula is C28H34N2O6. The van der Waals surface area contributed by atoms with Gasteiger partial charge in [0, 0.05) is 36.7 Å². The number of hydrogen-bond donors (Lipinski definition) is 3. The van der Waals surface area contributed by atoms with Gasteiger partial charge in [0.2, 0.25) is 5.91 Å². The molecule has 0 spiro atoms. The number of rotatable bonds is 9. The Morgan fingerprint density at radius 3 is 2.69 bits per heavy atom. The van der Waals surface area contributed by atoms with Crippen LogP contribution >= 0.6 is 0 Å². The summed E-state index contributed by atoms with van der Waals surface area (Å²) in [7, 11) is 0. The van der Waals surface area contributed by atoms with Gasteiger partial charge >= 0.3 is 5.97 Å². The molecule has 36 heavy (non-hydrogen) atoms. The maximum absolute atomic E-state index is 13.2. The van der Waals surface area contributed by atoms with E-state index in [-0.39, 0.29) is 37.2 Å². The number of benzene rings is 2. The Balaban J connectivity index is 1.12. The number of para-hydroxylation sites is 1. The number of aliphatic carboxylic acids is 1. The standard InChI is InChI=1S/C28H34N2O6/c1-16(20-9-6-10-21-22-23(26(32)33)25(22)36-24(20)21)35-15-19(31)13-29-28(2,3)27(34)30-12-11-17-7-4-5-8-18(17)14-30/h4-10,16,19,22-23,25,29,31H,11-15H2,1-3H3,(H,32,33)/t16-,19?,22-,23-,25-/m1/s1. The highest BCUT2D eigenvalue weighted by Crippen LogP contribution is 2.59. The molecule has 1 saturated carbocycles. The molecule has 5 rings (SSSR count). The molecular weight excluding hydrogens is 460 g/mol. The number of β-amino-alcohol motifs (C(OH)–C–C–N with tert-alkyl or cyclic N) is 1. The molecule has 2 aromatic carbocycles. The number of carbonyl (C=O) groups excluding carboxylic acids is 1. The summed E-state index contributed by atoms with van der Waals surface area (Å²) in [6.45, 7) is 7.15. The first-order valence-electron chi connectivity index (χ1n) is 12.6. The number of nitrogens with one attached hydrogen (secondary N) is 1. The topological polar surface area (TPSA) is 108 Å². The van der Waals surface area contributed by atoms with E-state index in [1.165, 1.54) is 11.1 Å². The normalized spacial score (nSPS) is 23.7. The van der Waals surface area contributed by atoms with Crippen LogP contribution < -0.4 is 10.1 Å². The summed E-state index contributed by atoms with van der Waals surface area (Å²) >= 11 is 0. The smallest absolute Gasteiger partial charge is 0.311 e. The SMILES string of the molecule is C[C@@H](OCC(O)CNC(C)(C)C(=O)N1CCc2ccccc2C1)c1cccc2c1O[C@H]1[C@H](C(=O)O)[C@@H]21. The van der Waals surface area contributed by atoms with E-state index in [4.69, 9.17) is 9.47 Å². The monoisotopic (exact) mass is 494 g/mol. The van der Waals surface area contributed by atoms with Crippen molar-refractivity contribution in [3.05, 3.63) is 64.7 Å². The lowest BCUT2D eigenvalue weighted by molar-refractivity contribution is -0.139. The molecule has 3 N–H and O–H groups in total. The van der Waals surface area contributed by atoms with Gasteiger partial charge in [-0.05, 0) is 38.3 Å². The van der Waals surface area contributed by atoms with Crippen molar-refractivity contribution in [1.29, 1.82) is 0 Å². The van der Waals surface area contributed by atoms with Crippen LogP contribution in [0, 0.1) is 5.92 Å². The Labute approximate surface area is 211 Å². The van der Waals surface area contributed by atoms with Crippen LogP contribution in [0.15, 0.2) is 42.5 Å². The van der Waals surface area contributed by atoms with Gasteiger partial charge in [0.15, 0.2) is 0 Å². The highest BCUT2D eigenvalue weighted by Gasteiger charge is 2.63. The Morgan fingerprint density at radius 1 is 1.19 bits per heavy atom. The van der Waals surface area contributed by atoms with E-state index in [9.17, 15) is 19.8 Å². The van der Waals surface area contributed by atoms with Crippen molar-refractivity contribution in [1.82, 2.24) is 10.2 Å². The minimum Gasteiger partial charge on any atom is -0.488 e. The number of carbonyl (C=O) groups is 2. The van der Waals surface area contributed by atoms with Crippen LogP contribution in [0.5, 0.6) is 5.75 Å². The Bertz CT molecular complexity index is 1160. The number of aliphatic hydroxyl groups excluding tert-OH is 1. The molecule has 1 fully saturated rings. The van der Waals surface area contributed by atoms with Gasteiger partial charge in [0.05, 0.1) is 24.4 Å². The number of ether oxygens (including phenoxy) is 2. The second-order valence-corrected chi connectivity index (χ2v) is 10.6. The van der Waals surface area contributed by atoms with E-state index in [0.29, 0.717) is 18.8 Å². The molecule has 0 saturated heterocycles. The third kappa shape index (κ3) is 4.61. The lowest BCUT2D eigenvalue weighted by Crippen LogP contribution is -2.56. The first kappa shape index (κ1) is 24.7. The van der Waals surface area contributed by atoms with E-state index >= 15 is 0 Å². The number of nitrogens with zero attached hydrogens (tertiary/aromatic N) is 1. The van der Waals surface area contributed by atoms with Crippen LogP contribution in [0.1, 0.15) is 55.0 Å². The van der Waals surface area contributed by atoms with E-state index in [0.717, 1.165) is 17.5 Å². The van der Waals surface area contributed by atoms with Crippen molar-refractivity contribution in [2.75, 3.05) is 19.7 Å². The number of carboxylic acid groups (broad SMARTS) is 1. The summed E-state index contributed by atoms with van der Waals surface area (Å²) in [6, 6.07) is 13.9. The van der Waals surface area contributed by atoms with E-state index in [1.54, 1.807) is 0 Å². The van der Waals surface area contributed by atoms with E-state index in [1.807, 2.05) is 56.0 Å². The van der Waals surface area contributed by atoms with Crippen LogP contribution in [-0.2, 0) is 27.3 Å². The summed E-state index contributed by atoms with van der Waals surface area (Å²) in [5.74, 6) is -0.670. The Morgan fingerprint density at radius 2 is 1.94 bits per heavy atom. The molecule has 2 aromatic rings. The predicted molar refractivity (Wildman–Crippen MR) is 133 cm³/mol. The predicted octanol–water partition coefficient (Wildman–Crippen LogP) is 2.64. The van der Waals surface area contributed by atoms with Crippen LogP contribution in [0.4, 0.5) is 0 Å². The molecule has 0 radical (unpaired) electrons. The second kappa shape index (κ2) is 9.50. The van der Waals surface area contributed by atoms with Gasteiger partial charge in [-0.1, -0.05) is 42.5 Å². The zero-order chi connectivity index (χ0) is 25.6. The van der Waals surface area contributed by atoms with Gasteiger partial charge in [-0.15, -0.1) is 0 Å². The minimum absolute atomic E-state index is 0.00807. The van der Waals surface area contributed by atoms with Crippen LogP contribution in [0.25, 0.3) is 0 Å². The fourth-order valence-electron chi connectivity index (χ4n) is 5.44. The van der Waals surface area contributed by atoms with Gasteiger partial charge in [0.1, 0.15) is 17.8 Å². The molecule has 3 aliphatic rings.